The molecule has 1 saturated heterocycles. The molecule has 0 radical (unpaired) electrons. The summed E-state index contributed by atoms with van der Waals surface area (Å²) < 4.78 is 0. The maximum atomic E-state index is 12.0. The van der Waals surface area contributed by atoms with E-state index in [0.717, 1.165) is 12.8 Å². The van der Waals surface area contributed by atoms with Crippen molar-refractivity contribution in [1.29, 1.82) is 0 Å². The third-order valence-corrected chi connectivity index (χ3v) is 3.16. The van der Waals surface area contributed by atoms with E-state index < -0.39 is 0 Å². The number of hydrogen-bond acceptors (Lipinski definition) is 2. The second kappa shape index (κ2) is 4.97. The summed E-state index contributed by atoms with van der Waals surface area (Å²) in [5.41, 5.74) is 0. The predicted octanol–water partition coefficient (Wildman–Crippen LogP) is 1.98. The molecule has 3 nitrogen and oxygen atoms in total. The highest BCUT2D eigenvalue weighted by molar-refractivity contribution is 5.84. The second-order valence-electron chi connectivity index (χ2n) is 5.04. The van der Waals surface area contributed by atoms with Gasteiger partial charge in [-0.2, -0.15) is 0 Å². The highest BCUT2D eigenvalue weighted by atomic mass is 16.2. The van der Waals surface area contributed by atoms with E-state index in [0.29, 0.717) is 12.0 Å². The Bertz CT molecular complexity index is 228. The Morgan fingerprint density at radius 3 is 2.47 bits per heavy atom. The molecule has 1 aliphatic heterocycles. The van der Waals surface area contributed by atoms with Gasteiger partial charge in [-0.15, -0.1) is 0 Å². The molecule has 0 aliphatic carbocycles. The van der Waals surface area contributed by atoms with Crippen LogP contribution in [0.1, 0.15) is 47.5 Å². The molecule has 3 heteroatoms. The van der Waals surface area contributed by atoms with E-state index in [4.69, 9.17) is 0 Å². The normalized spacial score (nSPS) is 28.9. The number of carbonyl (C=O) groups is 1. The van der Waals surface area contributed by atoms with Crippen molar-refractivity contribution < 1.29 is 4.79 Å². The van der Waals surface area contributed by atoms with Gasteiger partial charge in [0.1, 0.15) is 0 Å². The number of amides is 1. The molecular weight excluding hydrogens is 188 g/mol. The van der Waals surface area contributed by atoms with Crippen molar-refractivity contribution in [2.24, 2.45) is 5.92 Å². The number of nitrogens with zero attached hydrogens (tertiary/aromatic N) is 1. The Morgan fingerprint density at radius 2 is 2.00 bits per heavy atom. The van der Waals surface area contributed by atoms with Crippen LogP contribution in [0.3, 0.4) is 0 Å². The molecule has 15 heavy (non-hydrogen) atoms. The zero-order valence-corrected chi connectivity index (χ0v) is 10.6. The van der Waals surface area contributed by atoms with Crippen LogP contribution in [-0.4, -0.2) is 29.1 Å². The molecule has 1 N–H and O–H groups in total. The summed E-state index contributed by atoms with van der Waals surface area (Å²) in [6.45, 7) is 10.6. The molecule has 0 bridgehead atoms. The van der Waals surface area contributed by atoms with Crippen LogP contribution in [0.4, 0.5) is 0 Å². The van der Waals surface area contributed by atoms with Gasteiger partial charge >= 0.3 is 0 Å². The van der Waals surface area contributed by atoms with Gasteiger partial charge in [-0.3, -0.25) is 10.1 Å². The van der Waals surface area contributed by atoms with E-state index in [2.05, 4.69) is 33.0 Å². The fourth-order valence-electron chi connectivity index (χ4n) is 2.17. The standard InChI is InChI=1S/C12H24N2O/c1-6-9(4)14-11(7-8(2)3)13-10(5)12(14)15/h8-11,13H,6-7H2,1-5H3. The number of nitrogens with one attached hydrogen (secondary N) is 1. The van der Waals surface area contributed by atoms with Gasteiger partial charge in [-0.1, -0.05) is 20.8 Å². The third-order valence-electron chi connectivity index (χ3n) is 3.16. The molecule has 1 fully saturated rings. The lowest BCUT2D eigenvalue weighted by molar-refractivity contribution is -0.131. The van der Waals surface area contributed by atoms with Gasteiger partial charge in [0, 0.05) is 6.04 Å². The number of carbonyl (C=O) groups excluding carboxylic acids is 1. The molecule has 88 valence electrons. The smallest absolute Gasteiger partial charge is 0.240 e. The van der Waals surface area contributed by atoms with Crippen LogP contribution in [0.15, 0.2) is 0 Å². The van der Waals surface area contributed by atoms with Crippen molar-refractivity contribution in [1.82, 2.24) is 10.2 Å². The van der Waals surface area contributed by atoms with Crippen LogP contribution < -0.4 is 5.32 Å². The Labute approximate surface area is 93.2 Å². The van der Waals surface area contributed by atoms with Crippen molar-refractivity contribution >= 4 is 5.91 Å². The van der Waals surface area contributed by atoms with Crippen LogP contribution in [0.25, 0.3) is 0 Å². The summed E-state index contributed by atoms with van der Waals surface area (Å²) in [6.07, 6.45) is 2.30. The van der Waals surface area contributed by atoms with Gasteiger partial charge in [0.25, 0.3) is 0 Å². The summed E-state index contributed by atoms with van der Waals surface area (Å²) >= 11 is 0. The first kappa shape index (κ1) is 12.5. The molecule has 1 rings (SSSR count). The summed E-state index contributed by atoms with van der Waals surface area (Å²) in [7, 11) is 0. The summed E-state index contributed by atoms with van der Waals surface area (Å²) in [5, 5.41) is 3.38. The van der Waals surface area contributed by atoms with Gasteiger partial charge in [0.05, 0.1) is 12.2 Å². The molecule has 0 aromatic heterocycles. The van der Waals surface area contributed by atoms with E-state index in [1.54, 1.807) is 0 Å². The van der Waals surface area contributed by atoms with Crippen LogP contribution >= 0.6 is 0 Å². The Kier molecular flexibility index (Phi) is 4.14. The maximum absolute atomic E-state index is 12.0. The maximum Gasteiger partial charge on any atom is 0.240 e. The van der Waals surface area contributed by atoms with Gasteiger partial charge in [-0.05, 0) is 32.6 Å². The van der Waals surface area contributed by atoms with Gasteiger partial charge < -0.3 is 4.90 Å². The largest absolute Gasteiger partial charge is 0.323 e. The zero-order valence-electron chi connectivity index (χ0n) is 10.6. The third kappa shape index (κ3) is 2.71. The average molecular weight is 212 g/mol. The van der Waals surface area contributed by atoms with E-state index in [1.165, 1.54) is 0 Å². The highest BCUT2D eigenvalue weighted by Gasteiger charge is 2.38. The monoisotopic (exact) mass is 212 g/mol. The molecule has 3 atom stereocenters. The van der Waals surface area contributed by atoms with Crippen molar-refractivity contribution in [3.8, 4) is 0 Å². The fourth-order valence-corrected chi connectivity index (χ4v) is 2.17. The predicted molar refractivity (Wildman–Crippen MR) is 62.4 cm³/mol. The minimum atomic E-state index is -0.0113. The first-order chi connectivity index (χ1) is 6.97. The van der Waals surface area contributed by atoms with Crippen LogP contribution in [0.2, 0.25) is 0 Å². The quantitative estimate of drug-likeness (QED) is 0.773. The molecule has 0 aromatic carbocycles. The Morgan fingerprint density at radius 1 is 1.40 bits per heavy atom. The first-order valence-corrected chi connectivity index (χ1v) is 6.05. The van der Waals surface area contributed by atoms with Crippen molar-refractivity contribution in [3.05, 3.63) is 0 Å². The average Bonchev–Trinajstić information content (AvgIpc) is 2.41. The zero-order chi connectivity index (χ0) is 11.6. The fraction of sp³-hybridized carbons (Fsp3) is 0.917. The lowest BCUT2D eigenvalue weighted by Crippen LogP contribution is -2.43. The SMILES string of the molecule is CCC(C)N1C(=O)C(C)NC1CC(C)C. The van der Waals surface area contributed by atoms with Crippen LogP contribution in [0.5, 0.6) is 0 Å². The topological polar surface area (TPSA) is 32.3 Å². The minimum absolute atomic E-state index is 0.0113. The van der Waals surface area contributed by atoms with E-state index >= 15 is 0 Å². The lowest BCUT2D eigenvalue weighted by Gasteiger charge is -2.30. The first-order valence-electron chi connectivity index (χ1n) is 6.05. The van der Waals surface area contributed by atoms with Gasteiger partial charge in [0.15, 0.2) is 0 Å². The van der Waals surface area contributed by atoms with E-state index in [9.17, 15) is 4.79 Å². The Hall–Kier alpha value is -0.570. The van der Waals surface area contributed by atoms with Gasteiger partial charge in [0.2, 0.25) is 5.91 Å². The van der Waals surface area contributed by atoms with E-state index in [-0.39, 0.29) is 18.1 Å². The summed E-state index contributed by atoms with van der Waals surface area (Å²) in [4.78, 5) is 14.0. The molecule has 0 saturated carbocycles. The lowest BCUT2D eigenvalue weighted by atomic mass is 10.1. The van der Waals surface area contributed by atoms with Gasteiger partial charge in [-0.25, -0.2) is 0 Å². The number of hydrogen-bond donors (Lipinski definition) is 1. The van der Waals surface area contributed by atoms with Crippen molar-refractivity contribution in [2.75, 3.05) is 0 Å². The highest BCUT2D eigenvalue weighted by Crippen LogP contribution is 2.21. The molecule has 0 aromatic rings. The van der Waals surface area contributed by atoms with Crippen molar-refractivity contribution in [2.45, 2.75) is 65.7 Å². The Balaban J connectivity index is 2.73. The van der Waals surface area contributed by atoms with Crippen LogP contribution in [-0.2, 0) is 4.79 Å². The summed E-state index contributed by atoms with van der Waals surface area (Å²) in [5.74, 6) is 0.877. The summed E-state index contributed by atoms with van der Waals surface area (Å²) in [6, 6.07) is 0.335. The van der Waals surface area contributed by atoms with Crippen LogP contribution in [0, 0.1) is 5.92 Å². The molecule has 1 heterocycles. The number of rotatable bonds is 4. The molecule has 3 unspecified atom stereocenters. The minimum Gasteiger partial charge on any atom is -0.323 e. The van der Waals surface area contributed by atoms with Crippen molar-refractivity contribution in [3.63, 3.8) is 0 Å². The molecule has 0 spiro atoms. The van der Waals surface area contributed by atoms with E-state index in [1.807, 2.05) is 11.8 Å². The molecular formula is C12H24N2O. The molecule has 1 amide bonds. The second-order valence-corrected chi connectivity index (χ2v) is 5.04. The molecule has 1 aliphatic rings.